The fraction of sp³-hybridized carbons (Fsp3) is 0.971. The highest BCUT2D eigenvalue weighted by Gasteiger charge is 2.63. The topological polar surface area (TPSA) is 154 Å². The molecule has 0 spiro atoms. The molecule has 0 aliphatic heterocycles. The molecule has 0 unspecified atom stereocenters. The van der Waals surface area contributed by atoms with Crippen molar-refractivity contribution in [1.82, 2.24) is 10.6 Å². The summed E-state index contributed by atoms with van der Waals surface area (Å²) in [5.74, 6) is 2.55. The number of carbonyl (C=O) groups is 1. The van der Waals surface area contributed by atoms with Gasteiger partial charge in [-0.3, -0.25) is 4.79 Å². The van der Waals surface area contributed by atoms with Gasteiger partial charge in [0.25, 0.3) is 0 Å². The Labute approximate surface area is 256 Å². The zero-order valence-electron chi connectivity index (χ0n) is 27.2. The summed E-state index contributed by atoms with van der Waals surface area (Å²) >= 11 is 0. The van der Waals surface area contributed by atoms with Gasteiger partial charge in [-0.25, -0.2) is 0 Å². The SMILES string of the molecule is C[C@H](CCC(=O)O)[C@H]1CC[C@H]2[C@@H]3CC[C@@H]4C[C@H](O)CC[C@]4(C)[C@H]3C[C@H](O)[C@]12C.NCCCNCCCCNCCCN. The maximum absolute atomic E-state index is 11.5. The standard InChI is InChI=1S/C24H40O4.C10H26N4/c1-14(4-9-22(27)28)18-7-8-19-17-6-5-15-12-16(25)10-11-23(15,2)20(17)13-21(26)24(18,19)3;11-5-3-9-13-7-1-2-8-14-10-4-6-12/h14-21,25-26H,4-13H2,1-3H3,(H,27,28);13-14H,1-12H2/t14-,15-,16-,17+,18-,19+,20+,21+,23+,24-;/m1./s1. The number of nitrogens with two attached hydrogens (primary N) is 2. The van der Waals surface area contributed by atoms with Crippen LogP contribution in [-0.4, -0.2) is 72.8 Å². The highest BCUT2D eigenvalue weighted by molar-refractivity contribution is 5.66. The Hall–Kier alpha value is -0.770. The highest BCUT2D eigenvalue weighted by Crippen LogP contribution is 2.68. The number of unbranched alkanes of at least 4 members (excludes halogenated alkanes) is 1. The number of aliphatic hydroxyl groups excluding tert-OH is 2. The molecule has 9 N–H and O–H groups in total. The number of carboxylic acids is 1. The van der Waals surface area contributed by atoms with E-state index in [1.807, 2.05) is 0 Å². The van der Waals surface area contributed by atoms with Crippen LogP contribution >= 0.6 is 0 Å². The van der Waals surface area contributed by atoms with Crippen molar-refractivity contribution in [2.75, 3.05) is 39.3 Å². The Kier molecular flexibility index (Phi) is 14.5. The first-order valence-electron chi connectivity index (χ1n) is 17.5. The Morgan fingerprint density at radius 1 is 0.857 bits per heavy atom. The second-order valence-electron chi connectivity index (χ2n) is 14.8. The zero-order valence-corrected chi connectivity index (χ0v) is 27.2. The average Bonchev–Trinajstić information content (AvgIpc) is 3.33. The fourth-order valence-corrected chi connectivity index (χ4v) is 9.92. The van der Waals surface area contributed by atoms with Crippen LogP contribution in [0.3, 0.4) is 0 Å². The molecule has 10 atom stereocenters. The van der Waals surface area contributed by atoms with Crippen LogP contribution in [0.2, 0.25) is 0 Å². The van der Waals surface area contributed by atoms with E-state index in [0.29, 0.717) is 35.5 Å². The van der Waals surface area contributed by atoms with Crippen LogP contribution in [0.1, 0.15) is 111 Å². The van der Waals surface area contributed by atoms with Crippen molar-refractivity contribution in [3.05, 3.63) is 0 Å². The van der Waals surface area contributed by atoms with E-state index in [4.69, 9.17) is 16.6 Å². The molecule has 4 rings (SSSR count). The largest absolute Gasteiger partial charge is 0.481 e. The second-order valence-corrected chi connectivity index (χ2v) is 14.8. The Balaban J connectivity index is 0.000000295. The van der Waals surface area contributed by atoms with Gasteiger partial charge in [-0.05, 0) is 169 Å². The van der Waals surface area contributed by atoms with Crippen molar-refractivity contribution in [2.24, 2.45) is 57.8 Å². The van der Waals surface area contributed by atoms with Crippen LogP contribution in [0.5, 0.6) is 0 Å². The number of hydrogen-bond acceptors (Lipinski definition) is 7. The van der Waals surface area contributed by atoms with E-state index >= 15 is 0 Å². The molecule has 4 saturated carbocycles. The maximum Gasteiger partial charge on any atom is 0.303 e. The molecule has 0 bridgehead atoms. The molecule has 0 radical (unpaired) electrons. The molecule has 0 aromatic heterocycles. The van der Waals surface area contributed by atoms with Crippen LogP contribution in [0, 0.1) is 46.3 Å². The molecule has 4 aliphatic rings. The molecule has 246 valence electrons. The second kappa shape index (κ2) is 17.1. The van der Waals surface area contributed by atoms with Crippen molar-refractivity contribution in [3.8, 4) is 0 Å². The summed E-state index contributed by atoms with van der Waals surface area (Å²) in [5, 5.41) is 37.5. The van der Waals surface area contributed by atoms with Gasteiger partial charge in [-0.1, -0.05) is 20.8 Å². The van der Waals surface area contributed by atoms with Crippen molar-refractivity contribution in [1.29, 1.82) is 0 Å². The van der Waals surface area contributed by atoms with Crippen molar-refractivity contribution >= 4 is 5.97 Å². The molecular formula is C34H66N4O4. The third kappa shape index (κ3) is 8.69. The third-order valence-electron chi connectivity index (χ3n) is 12.4. The minimum atomic E-state index is -0.707. The van der Waals surface area contributed by atoms with Crippen LogP contribution < -0.4 is 22.1 Å². The average molecular weight is 595 g/mol. The smallest absolute Gasteiger partial charge is 0.303 e. The van der Waals surface area contributed by atoms with Gasteiger partial charge in [0.1, 0.15) is 0 Å². The lowest BCUT2D eigenvalue weighted by Crippen LogP contribution is -2.58. The summed E-state index contributed by atoms with van der Waals surface area (Å²) in [6, 6.07) is 0. The van der Waals surface area contributed by atoms with E-state index in [0.717, 1.165) is 90.6 Å². The monoisotopic (exact) mass is 595 g/mol. The summed E-state index contributed by atoms with van der Waals surface area (Å²) < 4.78 is 0. The van der Waals surface area contributed by atoms with E-state index in [-0.39, 0.29) is 29.5 Å². The molecule has 4 aliphatic carbocycles. The van der Waals surface area contributed by atoms with E-state index in [2.05, 4.69) is 31.4 Å². The normalized spacial score (nSPS) is 38.0. The summed E-state index contributed by atoms with van der Waals surface area (Å²) in [6.07, 6.45) is 13.9. The van der Waals surface area contributed by atoms with Crippen LogP contribution in [-0.2, 0) is 4.79 Å². The lowest BCUT2D eigenvalue weighted by Gasteiger charge is -2.62. The quantitative estimate of drug-likeness (QED) is 0.140. The summed E-state index contributed by atoms with van der Waals surface area (Å²) in [7, 11) is 0. The fourth-order valence-electron chi connectivity index (χ4n) is 9.92. The minimum absolute atomic E-state index is 0.0591. The summed E-state index contributed by atoms with van der Waals surface area (Å²) in [5.41, 5.74) is 11.0. The van der Waals surface area contributed by atoms with Gasteiger partial charge in [0.2, 0.25) is 0 Å². The zero-order chi connectivity index (χ0) is 30.8. The lowest BCUT2D eigenvalue weighted by molar-refractivity contribution is -0.175. The Morgan fingerprint density at radius 3 is 2.07 bits per heavy atom. The first-order valence-corrected chi connectivity index (χ1v) is 17.5. The number of rotatable bonds is 15. The van der Waals surface area contributed by atoms with E-state index < -0.39 is 5.97 Å². The third-order valence-corrected chi connectivity index (χ3v) is 12.4. The number of aliphatic carboxylic acids is 1. The minimum Gasteiger partial charge on any atom is -0.481 e. The Morgan fingerprint density at radius 2 is 1.48 bits per heavy atom. The van der Waals surface area contributed by atoms with Crippen molar-refractivity contribution in [2.45, 2.75) is 123 Å². The van der Waals surface area contributed by atoms with Crippen LogP contribution in [0.4, 0.5) is 0 Å². The molecule has 0 amide bonds. The lowest BCUT2D eigenvalue weighted by atomic mass is 9.43. The summed E-state index contributed by atoms with van der Waals surface area (Å²) in [4.78, 5) is 11.1. The molecule has 0 aromatic carbocycles. The van der Waals surface area contributed by atoms with Gasteiger partial charge in [0.15, 0.2) is 0 Å². The van der Waals surface area contributed by atoms with E-state index in [1.165, 1.54) is 32.1 Å². The molecule has 8 nitrogen and oxygen atoms in total. The van der Waals surface area contributed by atoms with E-state index in [9.17, 15) is 15.0 Å². The number of carboxylic acid groups (broad SMARTS) is 1. The number of fused-ring (bicyclic) bond motifs is 5. The molecule has 0 aromatic rings. The van der Waals surface area contributed by atoms with Crippen molar-refractivity contribution in [3.63, 3.8) is 0 Å². The van der Waals surface area contributed by atoms with Crippen LogP contribution in [0.25, 0.3) is 0 Å². The molecule has 0 saturated heterocycles. The number of nitrogens with one attached hydrogen (secondary N) is 2. The van der Waals surface area contributed by atoms with Gasteiger partial charge in [-0.15, -0.1) is 0 Å². The highest BCUT2D eigenvalue weighted by atomic mass is 16.4. The first kappa shape index (κ1) is 35.7. The summed E-state index contributed by atoms with van der Waals surface area (Å²) in [6.45, 7) is 12.9. The maximum atomic E-state index is 11.5. The number of hydrogen-bond donors (Lipinski definition) is 7. The van der Waals surface area contributed by atoms with Crippen LogP contribution in [0.15, 0.2) is 0 Å². The predicted octanol–water partition coefficient (Wildman–Crippen LogP) is 4.12. The Bertz CT molecular complexity index is 790. The van der Waals surface area contributed by atoms with Gasteiger partial charge in [0.05, 0.1) is 12.2 Å². The van der Waals surface area contributed by atoms with Crippen molar-refractivity contribution < 1.29 is 20.1 Å². The first-order chi connectivity index (χ1) is 20.1. The van der Waals surface area contributed by atoms with Gasteiger partial charge < -0.3 is 37.4 Å². The molecule has 0 heterocycles. The van der Waals surface area contributed by atoms with Gasteiger partial charge in [0, 0.05) is 6.42 Å². The molecule has 8 heteroatoms. The molecular weight excluding hydrogens is 528 g/mol. The molecule has 4 fully saturated rings. The van der Waals surface area contributed by atoms with E-state index in [1.54, 1.807) is 0 Å². The van der Waals surface area contributed by atoms with Gasteiger partial charge in [-0.2, -0.15) is 0 Å². The van der Waals surface area contributed by atoms with Gasteiger partial charge >= 0.3 is 5.97 Å². The predicted molar refractivity (Wildman–Crippen MR) is 171 cm³/mol. The molecule has 42 heavy (non-hydrogen) atoms. The number of aliphatic hydroxyl groups is 2.